The van der Waals surface area contributed by atoms with Crippen LogP contribution in [-0.4, -0.2) is 74.0 Å². The van der Waals surface area contributed by atoms with Crippen LogP contribution in [0, 0.1) is 0 Å². The van der Waals surface area contributed by atoms with Crippen molar-refractivity contribution in [2.75, 3.05) is 52.4 Å². The maximum atomic E-state index is 12.4. The molecule has 0 saturated heterocycles. The first kappa shape index (κ1) is 45.9. The van der Waals surface area contributed by atoms with Crippen LogP contribution >= 0.6 is 0 Å². The third kappa shape index (κ3) is 34.5. The second kappa shape index (κ2) is 37.7. The predicted molar refractivity (Wildman–Crippen MR) is 206 cm³/mol. The fourth-order valence-corrected chi connectivity index (χ4v) is 6.46. The van der Waals surface area contributed by atoms with Gasteiger partial charge in [-0.2, -0.15) is 0 Å². The fourth-order valence-electron chi connectivity index (χ4n) is 6.46. The minimum Gasteiger partial charge on any atom is -0.356 e. The highest BCUT2D eigenvalue weighted by Gasteiger charge is 2.10. The molecule has 0 unspecified atom stereocenters. The lowest BCUT2D eigenvalue weighted by Crippen LogP contribution is -2.35. The largest absolute Gasteiger partial charge is 0.356 e. The highest BCUT2D eigenvalue weighted by molar-refractivity contribution is 5.76. The zero-order chi connectivity index (χ0) is 34.5. The summed E-state index contributed by atoms with van der Waals surface area (Å²) < 4.78 is 0. The lowest BCUT2D eigenvalue weighted by atomic mass is 10.1. The average molecular weight is 665 g/mol. The van der Waals surface area contributed by atoms with Gasteiger partial charge in [0, 0.05) is 39.0 Å². The molecule has 6 heteroatoms. The van der Waals surface area contributed by atoms with Crippen molar-refractivity contribution in [2.45, 2.75) is 201 Å². The molecular weight excluding hydrogens is 580 g/mol. The Morgan fingerprint density at radius 1 is 0.362 bits per heavy atom. The van der Waals surface area contributed by atoms with Gasteiger partial charge in [0.2, 0.25) is 11.8 Å². The SMILES string of the molecule is CCCCCCCCCCCCCCNC(=O)CCN(CC)CCCN(CC)CCC(=O)NCCCCCCCCCCCCCC. The molecule has 2 amide bonds. The van der Waals surface area contributed by atoms with Gasteiger partial charge in [0.05, 0.1) is 0 Å². The first-order chi connectivity index (χ1) is 23.1. The van der Waals surface area contributed by atoms with E-state index in [0.717, 1.165) is 71.6 Å². The van der Waals surface area contributed by atoms with Crippen LogP contribution in [0.15, 0.2) is 0 Å². The molecule has 0 aliphatic rings. The Bertz CT molecular complexity index is 605. The van der Waals surface area contributed by atoms with E-state index in [1.165, 1.54) is 141 Å². The molecular formula is C41H84N4O2. The predicted octanol–water partition coefficient (Wildman–Crippen LogP) is 10.4. The van der Waals surface area contributed by atoms with Gasteiger partial charge in [-0.25, -0.2) is 0 Å². The van der Waals surface area contributed by atoms with Gasteiger partial charge in [-0.1, -0.05) is 169 Å². The fraction of sp³-hybridized carbons (Fsp3) is 0.951. The average Bonchev–Trinajstić information content (AvgIpc) is 3.08. The summed E-state index contributed by atoms with van der Waals surface area (Å²) >= 11 is 0. The summed E-state index contributed by atoms with van der Waals surface area (Å²) in [6, 6.07) is 0. The second-order valence-electron chi connectivity index (χ2n) is 14.2. The van der Waals surface area contributed by atoms with Crippen molar-refractivity contribution >= 4 is 11.8 Å². The molecule has 0 aromatic rings. The number of nitrogens with one attached hydrogen (secondary N) is 2. The quantitative estimate of drug-likeness (QED) is 0.0645. The summed E-state index contributed by atoms with van der Waals surface area (Å²) in [6.07, 6.45) is 34.5. The Hall–Kier alpha value is -1.14. The smallest absolute Gasteiger partial charge is 0.221 e. The first-order valence-electron chi connectivity index (χ1n) is 21.0. The van der Waals surface area contributed by atoms with Crippen LogP contribution in [0.1, 0.15) is 201 Å². The number of unbranched alkanes of at least 4 members (excludes halogenated alkanes) is 22. The van der Waals surface area contributed by atoms with E-state index in [4.69, 9.17) is 0 Å². The molecule has 280 valence electrons. The number of hydrogen-bond acceptors (Lipinski definition) is 4. The van der Waals surface area contributed by atoms with Crippen molar-refractivity contribution in [3.05, 3.63) is 0 Å². The van der Waals surface area contributed by atoms with Crippen molar-refractivity contribution in [1.29, 1.82) is 0 Å². The summed E-state index contributed by atoms with van der Waals surface area (Å²) in [5.41, 5.74) is 0. The number of rotatable bonds is 38. The molecule has 0 atom stereocenters. The highest BCUT2D eigenvalue weighted by atomic mass is 16.2. The van der Waals surface area contributed by atoms with Crippen molar-refractivity contribution < 1.29 is 9.59 Å². The molecule has 0 aliphatic heterocycles. The van der Waals surface area contributed by atoms with Gasteiger partial charge in [0.1, 0.15) is 0 Å². The standard InChI is InChI=1S/C41H84N4O2/c1-5-9-11-13-15-17-19-21-23-25-27-29-34-42-40(46)32-38-44(7-3)36-31-37-45(8-4)39-33-41(47)43-35-30-28-26-24-22-20-18-16-14-12-10-6-2/h5-39H2,1-4H3,(H,42,46)(H,43,47). The number of carbonyl (C=O) groups is 2. The maximum absolute atomic E-state index is 12.4. The van der Waals surface area contributed by atoms with Crippen LogP contribution in [0.5, 0.6) is 0 Å². The van der Waals surface area contributed by atoms with E-state index in [0.29, 0.717) is 12.8 Å². The molecule has 0 spiro atoms. The van der Waals surface area contributed by atoms with E-state index in [9.17, 15) is 9.59 Å². The van der Waals surface area contributed by atoms with Crippen LogP contribution in [0.3, 0.4) is 0 Å². The van der Waals surface area contributed by atoms with Gasteiger partial charge in [-0.3, -0.25) is 9.59 Å². The van der Waals surface area contributed by atoms with E-state index in [2.05, 4.69) is 48.1 Å². The Kier molecular flexibility index (Phi) is 36.8. The molecule has 0 bridgehead atoms. The first-order valence-corrected chi connectivity index (χ1v) is 21.0. The van der Waals surface area contributed by atoms with Crippen LogP contribution in [0.25, 0.3) is 0 Å². The van der Waals surface area contributed by atoms with E-state index >= 15 is 0 Å². The van der Waals surface area contributed by atoms with Crippen LogP contribution in [0.2, 0.25) is 0 Å². The summed E-state index contributed by atoms with van der Waals surface area (Å²) in [7, 11) is 0. The number of hydrogen-bond donors (Lipinski definition) is 2. The van der Waals surface area contributed by atoms with E-state index in [-0.39, 0.29) is 11.8 Å². The van der Waals surface area contributed by atoms with E-state index in [1.54, 1.807) is 0 Å². The summed E-state index contributed by atoms with van der Waals surface area (Å²) in [5, 5.41) is 6.27. The lowest BCUT2D eigenvalue weighted by molar-refractivity contribution is -0.122. The van der Waals surface area contributed by atoms with Gasteiger partial charge in [-0.15, -0.1) is 0 Å². The molecule has 6 nitrogen and oxygen atoms in total. The Morgan fingerprint density at radius 3 is 0.915 bits per heavy atom. The van der Waals surface area contributed by atoms with Crippen molar-refractivity contribution in [1.82, 2.24) is 20.4 Å². The number of amides is 2. The van der Waals surface area contributed by atoms with Crippen molar-refractivity contribution in [3.8, 4) is 0 Å². The van der Waals surface area contributed by atoms with Crippen molar-refractivity contribution in [3.63, 3.8) is 0 Å². The Labute approximate surface area is 294 Å². The number of carbonyl (C=O) groups excluding carboxylic acids is 2. The zero-order valence-corrected chi connectivity index (χ0v) is 32.5. The van der Waals surface area contributed by atoms with Gasteiger partial charge in [-0.05, 0) is 45.4 Å². The molecule has 2 N–H and O–H groups in total. The Morgan fingerprint density at radius 2 is 0.638 bits per heavy atom. The van der Waals surface area contributed by atoms with Crippen LogP contribution < -0.4 is 10.6 Å². The lowest BCUT2D eigenvalue weighted by Gasteiger charge is -2.24. The normalized spacial score (nSPS) is 11.5. The molecule has 47 heavy (non-hydrogen) atoms. The Balaban J connectivity index is 3.69. The molecule has 0 saturated carbocycles. The molecule has 0 rings (SSSR count). The zero-order valence-electron chi connectivity index (χ0n) is 32.5. The van der Waals surface area contributed by atoms with Crippen LogP contribution in [0.4, 0.5) is 0 Å². The maximum Gasteiger partial charge on any atom is 0.221 e. The molecule has 0 heterocycles. The summed E-state index contributed by atoms with van der Waals surface area (Å²) in [5.74, 6) is 0.382. The van der Waals surface area contributed by atoms with Crippen LogP contribution in [-0.2, 0) is 9.59 Å². The van der Waals surface area contributed by atoms with Gasteiger partial charge in [0.15, 0.2) is 0 Å². The van der Waals surface area contributed by atoms with E-state index in [1.807, 2.05) is 0 Å². The summed E-state index contributed by atoms with van der Waals surface area (Å²) in [6.45, 7) is 16.2. The van der Waals surface area contributed by atoms with Crippen molar-refractivity contribution in [2.24, 2.45) is 0 Å². The van der Waals surface area contributed by atoms with E-state index < -0.39 is 0 Å². The third-order valence-corrected chi connectivity index (χ3v) is 9.86. The second-order valence-corrected chi connectivity index (χ2v) is 14.2. The third-order valence-electron chi connectivity index (χ3n) is 9.86. The molecule has 0 aromatic heterocycles. The topological polar surface area (TPSA) is 64.7 Å². The molecule has 0 radical (unpaired) electrons. The highest BCUT2D eigenvalue weighted by Crippen LogP contribution is 2.13. The van der Waals surface area contributed by atoms with Gasteiger partial charge in [0.25, 0.3) is 0 Å². The number of nitrogens with zero attached hydrogens (tertiary/aromatic N) is 2. The monoisotopic (exact) mass is 665 g/mol. The molecule has 0 aliphatic carbocycles. The van der Waals surface area contributed by atoms with Gasteiger partial charge < -0.3 is 20.4 Å². The minimum absolute atomic E-state index is 0.191. The molecule has 0 aromatic carbocycles. The molecule has 0 fully saturated rings. The summed E-state index contributed by atoms with van der Waals surface area (Å²) in [4.78, 5) is 29.5. The van der Waals surface area contributed by atoms with Gasteiger partial charge >= 0.3 is 0 Å². The minimum atomic E-state index is 0.191.